The molecule has 0 bridgehead atoms. The minimum Gasteiger partial charge on any atom is -0.393 e. The molecule has 3 atom stereocenters. The van der Waals surface area contributed by atoms with Crippen molar-refractivity contribution in [2.24, 2.45) is 0 Å². The number of nitrogens with zero attached hydrogens (tertiary/aromatic N) is 2. The fourth-order valence-corrected chi connectivity index (χ4v) is 3.98. The van der Waals surface area contributed by atoms with Crippen molar-refractivity contribution in [3.05, 3.63) is 84.2 Å². The Morgan fingerprint density at radius 2 is 1.70 bits per heavy atom. The first-order chi connectivity index (χ1) is 13.3. The van der Waals surface area contributed by atoms with E-state index in [2.05, 4.69) is 51.7 Å². The van der Waals surface area contributed by atoms with Crippen LogP contribution in [0.3, 0.4) is 0 Å². The van der Waals surface area contributed by atoms with E-state index in [0.29, 0.717) is 12.0 Å². The van der Waals surface area contributed by atoms with E-state index in [1.165, 1.54) is 11.1 Å². The molecule has 27 heavy (non-hydrogen) atoms. The molecule has 0 radical (unpaired) electrons. The maximum absolute atomic E-state index is 10.3. The number of rotatable bonds is 5. The largest absolute Gasteiger partial charge is 0.393 e. The van der Waals surface area contributed by atoms with E-state index in [1.54, 1.807) is 12.4 Å². The van der Waals surface area contributed by atoms with Crippen molar-refractivity contribution < 1.29 is 5.11 Å². The molecule has 2 N–H and O–H groups in total. The van der Waals surface area contributed by atoms with Crippen LogP contribution in [0, 0.1) is 0 Å². The lowest BCUT2D eigenvalue weighted by Gasteiger charge is -2.33. The first-order valence-electron chi connectivity index (χ1n) is 9.60. The van der Waals surface area contributed by atoms with E-state index in [1.807, 2.05) is 24.3 Å². The molecule has 0 spiro atoms. The molecule has 1 fully saturated rings. The lowest BCUT2D eigenvalue weighted by Crippen LogP contribution is -2.38. The van der Waals surface area contributed by atoms with Crippen LogP contribution in [0.2, 0.25) is 0 Å². The maximum Gasteiger partial charge on any atom is 0.159 e. The molecule has 4 nitrogen and oxygen atoms in total. The Hall–Kier alpha value is -2.56. The van der Waals surface area contributed by atoms with Crippen molar-refractivity contribution in [3.8, 4) is 11.4 Å². The van der Waals surface area contributed by atoms with E-state index in [-0.39, 0.29) is 6.10 Å². The summed E-state index contributed by atoms with van der Waals surface area (Å²) in [5.41, 5.74) is 3.56. The predicted octanol–water partition coefficient (Wildman–Crippen LogP) is 3.93. The number of hydrogen-bond donors (Lipinski definition) is 2. The molecule has 1 heterocycles. The van der Waals surface area contributed by atoms with Crippen molar-refractivity contribution in [1.82, 2.24) is 15.3 Å². The van der Waals surface area contributed by atoms with Crippen LogP contribution < -0.4 is 5.32 Å². The van der Waals surface area contributed by atoms with E-state index in [9.17, 15) is 5.11 Å². The number of nitrogens with one attached hydrogen (secondary N) is 1. The summed E-state index contributed by atoms with van der Waals surface area (Å²) < 4.78 is 0. The average molecular weight is 359 g/mol. The molecule has 1 aliphatic carbocycles. The van der Waals surface area contributed by atoms with Crippen LogP contribution in [-0.2, 0) is 6.54 Å². The fourth-order valence-electron chi connectivity index (χ4n) is 3.98. The van der Waals surface area contributed by atoms with Crippen LogP contribution in [0.4, 0.5) is 0 Å². The summed E-state index contributed by atoms with van der Waals surface area (Å²) in [5, 5.41) is 14.0. The molecular weight excluding hydrogens is 334 g/mol. The summed E-state index contributed by atoms with van der Waals surface area (Å²) in [6.07, 6.45) is 6.00. The van der Waals surface area contributed by atoms with E-state index < -0.39 is 0 Å². The molecule has 3 unspecified atom stereocenters. The third-order valence-corrected chi connectivity index (χ3v) is 5.30. The lowest BCUT2D eigenvalue weighted by atomic mass is 9.80. The zero-order chi connectivity index (χ0) is 18.5. The third kappa shape index (κ3) is 4.59. The highest BCUT2D eigenvalue weighted by Crippen LogP contribution is 2.33. The quantitative estimate of drug-likeness (QED) is 0.725. The molecule has 0 amide bonds. The van der Waals surface area contributed by atoms with Gasteiger partial charge in [0, 0.05) is 30.5 Å². The van der Waals surface area contributed by atoms with Crippen LogP contribution in [0.5, 0.6) is 0 Å². The van der Waals surface area contributed by atoms with E-state index in [0.717, 1.165) is 37.2 Å². The zero-order valence-electron chi connectivity index (χ0n) is 15.3. The van der Waals surface area contributed by atoms with Crippen molar-refractivity contribution >= 4 is 0 Å². The smallest absolute Gasteiger partial charge is 0.159 e. The monoisotopic (exact) mass is 359 g/mol. The fraction of sp³-hybridized carbons (Fsp3) is 0.304. The normalized spacial score (nSPS) is 22.5. The highest BCUT2D eigenvalue weighted by atomic mass is 16.3. The Labute approximate surface area is 160 Å². The van der Waals surface area contributed by atoms with Crippen LogP contribution in [-0.4, -0.2) is 27.2 Å². The summed E-state index contributed by atoms with van der Waals surface area (Å²) in [4.78, 5) is 8.66. The minimum absolute atomic E-state index is 0.245. The Morgan fingerprint density at radius 3 is 2.52 bits per heavy atom. The molecule has 0 saturated heterocycles. The van der Waals surface area contributed by atoms with Gasteiger partial charge in [-0.2, -0.15) is 0 Å². The molecule has 138 valence electrons. The third-order valence-electron chi connectivity index (χ3n) is 5.30. The van der Waals surface area contributed by atoms with Gasteiger partial charge in [0.05, 0.1) is 6.10 Å². The van der Waals surface area contributed by atoms with Gasteiger partial charge in [0.1, 0.15) is 0 Å². The SMILES string of the molecule is OC1CC(NCc2cccc(-c3ncccn3)c2)CC(c2ccccc2)C1. The highest BCUT2D eigenvalue weighted by Gasteiger charge is 2.28. The van der Waals surface area contributed by atoms with Gasteiger partial charge >= 0.3 is 0 Å². The molecule has 1 aliphatic rings. The molecule has 3 aromatic rings. The number of aromatic nitrogens is 2. The van der Waals surface area contributed by atoms with E-state index >= 15 is 0 Å². The summed E-state index contributed by atoms with van der Waals surface area (Å²) in [6, 6.07) is 21.0. The standard InChI is InChI=1S/C23H25N3O/c27-22-14-20(18-7-2-1-3-8-18)13-21(15-22)26-16-17-6-4-9-19(12-17)23-24-10-5-11-25-23/h1-12,20-22,26-27H,13-16H2. The van der Waals surface area contributed by atoms with Gasteiger partial charge < -0.3 is 10.4 Å². The Kier molecular flexibility index (Phi) is 5.56. The van der Waals surface area contributed by atoms with Gasteiger partial charge in [-0.05, 0) is 48.4 Å². The van der Waals surface area contributed by atoms with Gasteiger partial charge in [0.25, 0.3) is 0 Å². The first kappa shape index (κ1) is 17.8. The molecule has 0 aliphatic heterocycles. The van der Waals surface area contributed by atoms with Crippen LogP contribution in [0.15, 0.2) is 73.1 Å². The van der Waals surface area contributed by atoms with Gasteiger partial charge in [-0.3, -0.25) is 0 Å². The molecule has 2 aromatic carbocycles. The second-order valence-electron chi connectivity index (χ2n) is 7.32. The van der Waals surface area contributed by atoms with Crippen molar-refractivity contribution in [3.63, 3.8) is 0 Å². The van der Waals surface area contributed by atoms with E-state index in [4.69, 9.17) is 0 Å². The second-order valence-corrected chi connectivity index (χ2v) is 7.32. The zero-order valence-corrected chi connectivity index (χ0v) is 15.3. The maximum atomic E-state index is 10.3. The van der Waals surface area contributed by atoms with Crippen molar-refractivity contribution in [2.75, 3.05) is 0 Å². The minimum atomic E-state index is -0.245. The molecule has 4 heteroatoms. The van der Waals surface area contributed by atoms with Crippen LogP contribution in [0.1, 0.15) is 36.3 Å². The lowest BCUT2D eigenvalue weighted by molar-refractivity contribution is 0.100. The average Bonchev–Trinajstić information content (AvgIpc) is 2.73. The van der Waals surface area contributed by atoms with Crippen molar-refractivity contribution in [1.29, 1.82) is 0 Å². The second kappa shape index (κ2) is 8.42. The number of aliphatic hydroxyl groups is 1. The van der Waals surface area contributed by atoms with Gasteiger partial charge in [-0.25, -0.2) is 9.97 Å². The van der Waals surface area contributed by atoms with Gasteiger partial charge in [-0.15, -0.1) is 0 Å². The Morgan fingerprint density at radius 1 is 0.889 bits per heavy atom. The van der Waals surface area contributed by atoms with Gasteiger partial charge in [0.2, 0.25) is 0 Å². The number of hydrogen-bond acceptors (Lipinski definition) is 4. The molecular formula is C23H25N3O. The number of aliphatic hydroxyl groups excluding tert-OH is 1. The van der Waals surface area contributed by atoms with Crippen LogP contribution in [0.25, 0.3) is 11.4 Å². The predicted molar refractivity (Wildman–Crippen MR) is 107 cm³/mol. The Balaban J connectivity index is 1.41. The summed E-state index contributed by atoms with van der Waals surface area (Å²) in [6.45, 7) is 0.777. The first-order valence-corrected chi connectivity index (χ1v) is 9.60. The molecule has 1 aromatic heterocycles. The number of benzene rings is 2. The Bertz CT molecular complexity index is 854. The van der Waals surface area contributed by atoms with Crippen molar-refractivity contribution in [2.45, 2.75) is 43.9 Å². The van der Waals surface area contributed by atoms with Gasteiger partial charge in [-0.1, -0.05) is 48.5 Å². The topological polar surface area (TPSA) is 58.0 Å². The molecule has 4 rings (SSSR count). The summed E-state index contributed by atoms with van der Waals surface area (Å²) in [7, 11) is 0. The summed E-state index contributed by atoms with van der Waals surface area (Å²) in [5.74, 6) is 1.16. The van der Waals surface area contributed by atoms with Crippen LogP contribution >= 0.6 is 0 Å². The highest BCUT2D eigenvalue weighted by molar-refractivity contribution is 5.55. The summed E-state index contributed by atoms with van der Waals surface area (Å²) >= 11 is 0. The molecule has 1 saturated carbocycles. The van der Waals surface area contributed by atoms with Gasteiger partial charge in [0.15, 0.2) is 5.82 Å².